The largest absolute Gasteiger partial charge is 0.459 e. The van der Waals surface area contributed by atoms with Crippen LogP contribution in [-0.2, 0) is 4.79 Å². The van der Waals surface area contributed by atoms with Gasteiger partial charge < -0.3 is 15.5 Å². The third kappa shape index (κ3) is 3.70. The van der Waals surface area contributed by atoms with E-state index in [1.54, 1.807) is 0 Å². The summed E-state index contributed by atoms with van der Waals surface area (Å²) in [7, 11) is 0. The summed E-state index contributed by atoms with van der Waals surface area (Å²) >= 11 is 0. The second kappa shape index (κ2) is 6.93. The van der Waals surface area contributed by atoms with Crippen molar-refractivity contribution in [2.24, 2.45) is 11.7 Å². The normalized spacial score (nSPS) is 25.6. The number of nitrogens with two attached hydrogens (primary N) is 1. The average Bonchev–Trinajstić information content (AvgIpc) is 2.90. The lowest BCUT2D eigenvalue weighted by atomic mass is 9.74. The predicted octanol–water partition coefficient (Wildman–Crippen LogP) is 3.94. The highest BCUT2D eigenvalue weighted by molar-refractivity contribution is 5.85. The van der Waals surface area contributed by atoms with Gasteiger partial charge >= 0.3 is 0 Å². The summed E-state index contributed by atoms with van der Waals surface area (Å²) in [5, 5.41) is 4.13. The quantitative estimate of drug-likeness (QED) is 0.892. The molecule has 0 saturated heterocycles. The molecule has 1 heterocycles. The third-order valence-electron chi connectivity index (χ3n) is 4.80. The maximum Gasteiger partial charge on any atom is 0.225 e. The van der Waals surface area contributed by atoms with E-state index in [2.05, 4.69) is 5.32 Å². The highest BCUT2D eigenvalue weighted by Crippen LogP contribution is 2.32. The number of nitrogens with one attached hydrogen (secondary N) is 1. The Hall–Kier alpha value is -1.52. The number of halogens is 1. The van der Waals surface area contributed by atoms with Crippen molar-refractivity contribution in [1.29, 1.82) is 0 Å². The highest BCUT2D eigenvalue weighted by Gasteiger charge is 2.38. The SMILES string of the molecule is CC(NC(=O)C1CCCCC1(C)N)c1cc2ccccc2o1.Cl. The molecule has 1 aromatic carbocycles. The number of carbonyl (C=O) groups is 1. The van der Waals surface area contributed by atoms with Gasteiger partial charge in [0, 0.05) is 10.9 Å². The lowest BCUT2D eigenvalue weighted by molar-refractivity contribution is -0.128. The molecular weight excluding hydrogens is 312 g/mol. The lowest BCUT2D eigenvalue weighted by Gasteiger charge is -2.37. The third-order valence-corrected chi connectivity index (χ3v) is 4.80. The molecule has 23 heavy (non-hydrogen) atoms. The van der Waals surface area contributed by atoms with E-state index in [9.17, 15) is 4.79 Å². The summed E-state index contributed by atoms with van der Waals surface area (Å²) < 4.78 is 5.82. The Balaban J connectivity index is 0.00000192. The fourth-order valence-corrected chi connectivity index (χ4v) is 3.39. The Bertz CT molecular complexity index is 647. The number of para-hydroxylation sites is 1. The molecule has 2 aromatic rings. The van der Waals surface area contributed by atoms with E-state index in [0.717, 1.165) is 42.4 Å². The summed E-state index contributed by atoms with van der Waals surface area (Å²) in [4.78, 5) is 12.6. The summed E-state index contributed by atoms with van der Waals surface area (Å²) in [5.41, 5.74) is 6.75. The minimum absolute atomic E-state index is 0. The van der Waals surface area contributed by atoms with E-state index >= 15 is 0 Å². The molecule has 0 radical (unpaired) electrons. The fraction of sp³-hybridized carbons (Fsp3) is 0.500. The molecule has 5 heteroatoms. The van der Waals surface area contributed by atoms with E-state index in [0.29, 0.717) is 0 Å². The van der Waals surface area contributed by atoms with Crippen LogP contribution in [0.4, 0.5) is 0 Å². The van der Waals surface area contributed by atoms with Crippen molar-refractivity contribution >= 4 is 29.3 Å². The molecule has 1 aromatic heterocycles. The van der Waals surface area contributed by atoms with E-state index in [-0.39, 0.29) is 30.3 Å². The number of fused-ring (bicyclic) bond motifs is 1. The number of rotatable bonds is 3. The second-order valence-electron chi connectivity index (χ2n) is 6.72. The zero-order chi connectivity index (χ0) is 15.7. The van der Waals surface area contributed by atoms with Gasteiger partial charge in [0.1, 0.15) is 11.3 Å². The first-order chi connectivity index (χ1) is 10.5. The Morgan fingerprint density at radius 3 is 2.83 bits per heavy atom. The standard InChI is InChI=1S/C18H24N2O2.ClH/c1-12(16-11-13-7-3-4-9-15(13)22-16)20-17(21)14-8-5-6-10-18(14,2)19;/h3-4,7,9,11-12,14H,5-6,8,10,19H2,1-2H3,(H,20,21);1H. The van der Waals surface area contributed by atoms with Crippen molar-refractivity contribution in [3.63, 3.8) is 0 Å². The van der Waals surface area contributed by atoms with Gasteiger partial charge in [0.05, 0.1) is 12.0 Å². The summed E-state index contributed by atoms with van der Waals surface area (Å²) in [5.74, 6) is 0.704. The summed E-state index contributed by atoms with van der Waals surface area (Å²) in [6, 6.07) is 9.70. The molecule has 1 amide bonds. The zero-order valence-corrected chi connectivity index (χ0v) is 14.5. The number of furan rings is 1. The van der Waals surface area contributed by atoms with Crippen LogP contribution in [0.1, 0.15) is 51.3 Å². The van der Waals surface area contributed by atoms with Crippen LogP contribution in [0.3, 0.4) is 0 Å². The van der Waals surface area contributed by atoms with Crippen LogP contribution in [0, 0.1) is 5.92 Å². The van der Waals surface area contributed by atoms with E-state index in [4.69, 9.17) is 10.2 Å². The molecule has 1 aliphatic rings. The van der Waals surface area contributed by atoms with Gasteiger partial charge in [-0.3, -0.25) is 4.79 Å². The molecule has 126 valence electrons. The molecule has 1 fully saturated rings. The molecule has 4 nitrogen and oxygen atoms in total. The molecule has 0 bridgehead atoms. The van der Waals surface area contributed by atoms with Gasteiger partial charge in [-0.2, -0.15) is 0 Å². The molecular formula is C18H25ClN2O2. The first-order valence-corrected chi connectivity index (χ1v) is 8.05. The van der Waals surface area contributed by atoms with Crippen LogP contribution in [-0.4, -0.2) is 11.4 Å². The van der Waals surface area contributed by atoms with Gasteiger partial charge in [-0.1, -0.05) is 31.0 Å². The number of benzene rings is 1. The lowest BCUT2D eigenvalue weighted by Crippen LogP contribution is -2.53. The van der Waals surface area contributed by atoms with Gasteiger partial charge in [0.15, 0.2) is 0 Å². The van der Waals surface area contributed by atoms with Crippen molar-refractivity contribution in [3.05, 3.63) is 36.1 Å². The van der Waals surface area contributed by atoms with Crippen LogP contribution in [0.15, 0.2) is 34.7 Å². The van der Waals surface area contributed by atoms with Crippen LogP contribution < -0.4 is 11.1 Å². The number of carbonyl (C=O) groups excluding carboxylic acids is 1. The molecule has 3 atom stereocenters. The Morgan fingerprint density at radius 1 is 1.39 bits per heavy atom. The van der Waals surface area contributed by atoms with Crippen LogP contribution >= 0.6 is 12.4 Å². The predicted molar refractivity (Wildman–Crippen MR) is 94.6 cm³/mol. The van der Waals surface area contributed by atoms with Crippen LogP contribution in [0.2, 0.25) is 0 Å². The van der Waals surface area contributed by atoms with Gasteiger partial charge in [0.25, 0.3) is 0 Å². The molecule has 1 aliphatic carbocycles. The Morgan fingerprint density at radius 2 is 2.13 bits per heavy atom. The maximum atomic E-state index is 12.6. The average molecular weight is 337 g/mol. The molecule has 0 spiro atoms. The minimum Gasteiger partial charge on any atom is -0.459 e. The molecule has 3 rings (SSSR count). The summed E-state index contributed by atoms with van der Waals surface area (Å²) in [6.07, 6.45) is 3.95. The van der Waals surface area contributed by atoms with Crippen molar-refractivity contribution in [1.82, 2.24) is 5.32 Å². The van der Waals surface area contributed by atoms with Gasteiger partial charge in [-0.25, -0.2) is 0 Å². The molecule has 3 unspecified atom stereocenters. The smallest absolute Gasteiger partial charge is 0.225 e. The Kier molecular flexibility index (Phi) is 5.37. The van der Waals surface area contributed by atoms with E-state index in [1.807, 2.05) is 44.2 Å². The van der Waals surface area contributed by atoms with Crippen LogP contribution in [0.25, 0.3) is 11.0 Å². The van der Waals surface area contributed by atoms with Gasteiger partial charge in [-0.05, 0) is 38.8 Å². The minimum atomic E-state index is -0.407. The van der Waals surface area contributed by atoms with Crippen LogP contribution in [0.5, 0.6) is 0 Å². The van der Waals surface area contributed by atoms with Crippen molar-refractivity contribution < 1.29 is 9.21 Å². The summed E-state index contributed by atoms with van der Waals surface area (Å²) in [6.45, 7) is 3.94. The number of hydrogen-bond donors (Lipinski definition) is 2. The topological polar surface area (TPSA) is 68.3 Å². The van der Waals surface area contributed by atoms with E-state index < -0.39 is 5.54 Å². The van der Waals surface area contributed by atoms with Crippen molar-refractivity contribution in [2.45, 2.75) is 51.1 Å². The highest BCUT2D eigenvalue weighted by atomic mass is 35.5. The van der Waals surface area contributed by atoms with Gasteiger partial charge in [-0.15, -0.1) is 12.4 Å². The van der Waals surface area contributed by atoms with E-state index in [1.165, 1.54) is 0 Å². The number of amides is 1. The Labute approximate surface area is 143 Å². The molecule has 0 aliphatic heterocycles. The first kappa shape index (κ1) is 17.8. The molecule has 1 saturated carbocycles. The number of hydrogen-bond acceptors (Lipinski definition) is 3. The zero-order valence-electron chi connectivity index (χ0n) is 13.7. The van der Waals surface area contributed by atoms with Crippen molar-refractivity contribution in [3.8, 4) is 0 Å². The van der Waals surface area contributed by atoms with Gasteiger partial charge in [0.2, 0.25) is 5.91 Å². The second-order valence-corrected chi connectivity index (χ2v) is 6.72. The monoisotopic (exact) mass is 336 g/mol. The first-order valence-electron chi connectivity index (χ1n) is 8.05. The maximum absolute atomic E-state index is 12.6. The fourth-order valence-electron chi connectivity index (χ4n) is 3.39. The molecule has 3 N–H and O–H groups in total. The van der Waals surface area contributed by atoms with Crippen molar-refractivity contribution in [2.75, 3.05) is 0 Å².